The smallest absolute Gasteiger partial charge is 0.245 e. The standard InChI is InChI=1S/C12H18N2O2S/c1-3-14(10-7-8-10)17(15,16)12-9(2)5-4-6-11(12)13/h4-6,10H,3,7-8,13H2,1-2H3. The molecule has 94 valence electrons. The Balaban J connectivity index is 2.50. The van der Waals surface area contributed by atoms with Crippen molar-refractivity contribution >= 4 is 15.7 Å². The minimum absolute atomic E-state index is 0.170. The topological polar surface area (TPSA) is 63.4 Å². The summed E-state index contributed by atoms with van der Waals surface area (Å²) >= 11 is 0. The lowest BCUT2D eigenvalue weighted by Gasteiger charge is -2.22. The second-order valence-corrected chi connectivity index (χ2v) is 6.26. The molecule has 1 aliphatic carbocycles. The minimum atomic E-state index is -3.44. The first kappa shape index (κ1) is 12.4. The van der Waals surface area contributed by atoms with Crippen molar-refractivity contribution < 1.29 is 8.42 Å². The number of sulfonamides is 1. The van der Waals surface area contributed by atoms with Gasteiger partial charge in [-0.1, -0.05) is 19.1 Å². The third-order valence-corrected chi connectivity index (χ3v) is 5.32. The highest BCUT2D eigenvalue weighted by Gasteiger charge is 2.38. The molecule has 0 atom stereocenters. The van der Waals surface area contributed by atoms with E-state index in [4.69, 9.17) is 5.73 Å². The van der Waals surface area contributed by atoms with E-state index in [0.717, 1.165) is 12.8 Å². The van der Waals surface area contributed by atoms with Gasteiger partial charge in [-0.2, -0.15) is 4.31 Å². The molecule has 0 saturated heterocycles. The van der Waals surface area contributed by atoms with Gasteiger partial charge in [-0.15, -0.1) is 0 Å². The van der Waals surface area contributed by atoms with E-state index in [-0.39, 0.29) is 10.9 Å². The normalized spacial score (nSPS) is 16.4. The Kier molecular flexibility index (Phi) is 3.14. The van der Waals surface area contributed by atoms with E-state index < -0.39 is 10.0 Å². The lowest BCUT2D eigenvalue weighted by atomic mass is 10.2. The van der Waals surface area contributed by atoms with Gasteiger partial charge in [-0.05, 0) is 31.4 Å². The summed E-state index contributed by atoms with van der Waals surface area (Å²) in [5.41, 5.74) is 6.86. The number of nitrogen functional groups attached to an aromatic ring is 1. The fourth-order valence-electron chi connectivity index (χ4n) is 2.13. The molecule has 1 aromatic carbocycles. The number of aryl methyl sites for hydroxylation is 1. The molecule has 0 radical (unpaired) electrons. The van der Waals surface area contributed by atoms with Crippen molar-refractivity contribution in [3.05, 3.63) is 23.8 Å². The predicted molar refractivity (Wildman–Crippen MR) is 68.2 cm³/mol. The molecule has 1 saturated carbocycles. The van der Waals surface area contributed by atoms with Crippen LogP contribution in [0, 0.1) is 6.92 Å². The van der Waals surface area contributed by atoms with Gasteiger partial charge in [0, 0.05) is 12.6 Å². The van der Waals surface area contributed by atoms with Crippen molar-refractivity contribution in [1.82, 2.24) is 4.31 Å². The van der Waals surface area contributed by atoms with E-state index in [1.165, 1.54) is 0 Å². The van der Waals surface area contributed by atoms with Crippen LogP contribution in [0.3, 0.4) is 0 Å². The zero-order valence-corrected chi connectivity index (χ0v) is 11.0. The number of benzene rings is 1. The summed E-state index contributed by atoms with van der Waals surface area (Å²) in [5, 5.41) is 0. The molecule has 0 amide bonds. The third kappa shape index (κ3) is 2.17. The first-order valence-electron chi connectivity index (χ1n) is 5.85. The Hall–Kier alpha value is -1.07. The van der Waals surface area contributed by atoms with E-state index in [9.17, 15) is 8.42 Å². The number of hydrogen-bond donors (Lipinski definition) is 1. The van der Waals surface area contributed by atoms with Crippen LogP contribution >= 0.6 is 0 Å². The molecule has 4 nitrogen and oxygen atoms in total. The summed E-state index contributed by atoms with van der Waals surface area (Å²) in [6, 6.07) is 5.37. The molecule has 5 heteroatoms. The molecule has 0 unspecified atom stereocenters. The van der Waals surface area contributed by atoms with E-state index in [1.807, 2.05) is 6.92 Å². The summed E-state index contributed by atoms with van der Waals surface area (Å²) in [4.78, 5) is 0.272. The predicted octanol–water partition coefficient (Wildman–Crippen LogP) is 1.75. The Labute approximate surface area is 102 Å². The molecule has 1 aliphatic rings. The Morgan fingerprint density at radius 2 is 2.06 bits per heavy atom. The van der Waals surface area contributed by atoms with Crippen molar-refractivity contribution in [3.8, 4) is 0 Å². The second-order valence-electron chi connectivity index (χ2n) is 4.43. The molecule has 17 heavy (non-hydrogen) atoms. The van der Waals surface area contributed by atoms with Crippen LogP contribution in [0.4, 0.5) is 5.69 Å². The second kappa shape index (κ2) is 4.31. The van der Waals surface area contributed by atoms with Gasteiger partial charge in [0.05, 0.1) is 5.69 Å². The molecule has 0 aromatic heterocycles. The van der Waals surface area contributed by atoms with Gasteiger partial charge in [0.2, 0.25) is 10.0 Å². The molecule has 0 bridgehead atoms. The van der Waals surface area contributed by atoms with Gasteiger partial charge in [0.25, 0.3) is 0 Å². The van der Waals surface area contributed by atoms with Crippen LogP contribution in [0.1, 0.15) is 25.3 Å². The van der Waals surface area contributed by atoms with Crippen LogP contribution in [0.25, 0.3) is 0 Å². The largest absolute Gasteiger partial charge is 0.398 e. The summed E-state index contributed by atoms with van der Waals surface area (Å²) in [5.74, 6) is 0. The van der Waals surface area contributed by atoms with Crippen molar-refractivity contribution in [3.63, 3.8) is 0 Å². The molecule has 2 N–H and O–H groups in total. The van der Waals surface area contributed by atoms with Crippen molar-refractivity contribution in [2.45, 2.75) is 37.6 Å². The third-order valence-electron chi connectivity index (χ3n) is 3.07. The highest BCUT2D eigenvalue weighted by molar-refractivity contribution is 7.89. The highest BCUT2D eigenvalue weighted by Crippen LogP contribution is 2.34. The maximum Gasteiger partial charge on any atom is 0.245 e. The first-order valence-corrected chi connectivity index (χ1v) is 7.29. The molecule has 2 rings (SSSR count). The van der Waals surface area contributed by atoms with Crippen LogP contribution < -0.4 is 5.73 Å². The highest BCUT2D eigenvalue weighted by atomic mass is 32.2. The summed E-state index contributed by atoms with van der Waals surface area (Å²) in [6.07, 6.45) is 1.91. The molecular weight excluding hydrogens is 236 g/mol. The Morgan fingerprint density at radius 3 is 2.53 bits per heavy atom. The lowest BCUT2D eigenvalue weighted by Crippen LogP contribution is -2.33. The SMILES string of the molecule is CCN(C1CC1)S(=O)(=O)c1c(C)cccc1N. The summed E-state index contributed by atoms with van der Waals surface area (Å²) in [7, 11) is -3.44. The lowest BCUT2D eigenvalue weighted by molar-refractivity contribution is 0.421. The number of hydrogen-bond acceptors (Lipinski definition) is 3. The zero-order chi connectivity index (χ0) is 12.6. The van der Waals surface area contributed by atoms with E-state index in [2.05, 4.69) is 0 Å². The average Bonchev–Trinajstić information content (AvgIpc) is 3.01. The molecule has 1 fully saturated rings. The first-order chi connectivity index (χ1) is 7.98. The van der Waals surface area contributed by atoms with Crippen LogP contribution in [-0.2, 0) is 10.0 Å². The van der Waals surface area contributed by atoms with E-state index in [1.54, 1.807) is 29.4 Å². The minimum Gasteiger partial charge on any atom is -0.398 e. The van der Waals surface area contributed by atoms with Crippen molar-refractivity contribution in [1.29, 1.82) is 0 Å². The van der Waals surface area contributed by atoms with Gasteiger partial charge in [0.1, 0.15) is 4.90 Å². The van der Waals surface area contributed by atoms with Crippen LogP contribution in [0.2, 0.25) is 0 Å². The number of nitrogens with two attached hydrogens (primary N) is 1. The van der Waals surface area contributed by atoms with Crippen molar-refractivity contribution in [2.24, 2.45) is 0 Å². The molecular formula is C12H18N2O2S. The van der Waals surface area contributed by atoms with E-state index >= 15 is 0 Å². The fourth-order valence-corrected chi connectivity index (χ4v) is 4.15. The van der Waals surface area contributed by atoms with Crippen LogP contribution in [-0.4, -0.2) is 25.3 Å². The van der Waals surface area contributed by atoms with Gasteiger partial charge < -0.3 is 5.73 Å². The quantitative estimate of drug-likeness (QED) is 0.833. The summed E-state index contributed by atoms with van der Waals surface area (Å²) < 4.78 is 26.6. The van der Waals surface area contributed by atoms with Gasteiger partial charge in [0.15, 0.2) is 0 Å². The van der Waals surface area contributed by atoms with E-state index in [0.29, 0.717) is 17.8 Å². The average molecular weight is 254 g/mol. The van der Waals surface area contributed by atoms with Gasteiger partial charge >= 0.3 is 0 Å². The maximum absolute atomic E-state index is 12.5. The molecule has 1 aromatic rings. The van der Waals surface area contributed by atoms with Crippen LogP contribution in [0.5, 0.6) is 0 Å². The number of anilines is 1. The van der Waals surface area contributed by atoms with Crippen molar-refractivity contribution in [2.75, 3.05) is 12.3 Å². The fraction of sp³-hybridized carbons (Fsp3) is 0.500. The zero-order valence-electron chi connectivity index (χ0n) is 10.2. The summed E-state index contributed by atoms with van der Waals surface area (Å²) in [6.45, 7) is 4.15. The monoisotopic (exact) mass is 254 g/mol. The molecule has 0 spiro atoms. The Bertz CT molecular complexity index is 501. The molecule has 0 heterocycles. The Morgan fingerprint density at radius 1 is 1.41 bits per heavy atom. The maximum atomic E-state index is 12.5. The number of rotatable bonds is 4. The van der Waals surface area contributed by atoms with Crippen LogP contribution in [0.15, 0.2) is 23.1 Å². The number of nitrogens with zero attached hydrogens (tertiary/aromatic N) is 1. The van der Waals surface area contributed by atoms with Gasteiger partial charge in [-0.3, -0.25) is 0 Å². The van der Waals surface area contributed by atoms with Gasteiger partial charge in [-0.25, -0.2) is 8.42 Å². The molecule has 0 aliphatic heterocycles.